The lowest BCUT2D eigenvalue weighted by atomic mass is 9.99. The minimum absolute atomic E-state index is 0.0562. The molecule has 1 amide bonds. The van der Waals surface area contributed by atoms with Gasteiger partial charge in [0, 0.05) is 49.6 Å². The SMILES string of the molecule is COc1c(F)cccc1Nc1c(-c2ccncc2C#CC2(N)CCOC2)[nH]c2c1C(=O)NCC2. The number of nitrogens with zero attached hydrogens (tertiary/aromatic N) is 1. The Morgan fingerprint density at radius 3 is 3.03 bits per heavy atom. The summed E-state index contributed by atoms with van der Waals surface area (Å²) < 4.78 is 25.0. The zero-order valence-corrected chi connectivity index (χ0v) is 18.6. The number of H-pyrrole nitrogens is 1. The van der Waals surface area contributed by atoms with Gasteiger partial charge in [-0.3, -0.25) is 9.78 Å². The van der Waals surface area contributed by atoms with Crippen molar-refractivity contribution in [2.75, 3.05) is 32.2 Å². The molecule has 9 heteroatoms. The van der Waals surface area contributed by atoms with Crippen LogP contribution in [-0.4, -0.2) is 48.3 Å². The first-order chi connectivity index (χ1) is 16.5. The monoisotopic (exact) mass is 461 g/mol. The van der Waals surface area contributed by atoms with Crippen LogP contribution in [0.25, 0.3) is 11.3 Å². The Bertz CT molecular complexity index is 1320. The van der Waals surface area contributed by atoms with E-state index in [2.05, 4.69) is 32.4 Å². The third-order valence-corrected chi connectivity index (χ3v) is 5.98. The van der Waals surface area contributed by atoms with Crippen LogP contribution in [0.3, 0.4) is 0 Å². The van der Waals surface area contributed by atoms with E-state index in [-0.39, 0.29) is 11.7 Å². The lowest BCUT2D eigenvalue weighted by Gasteiger charge is -2.17. The van der Waals surface area contributed by atoms with Crippen LogP contribution in [0.5, 0.6) is 5.75 Å². The molecule has 5 N–H and O–H groups in total. The zero-order valence-electron chi connectivity index (χ0n) is 18.6. The van der Waals surface area contributed by atoms with Crippen LogP contribution in [0.4, 0.5) is 15.8 Å². The van der Waals surface area contributed by atoms with E-state index in [9.17, 15) is 9.18 Å². The van der Waals surface area contributed by atoms with Gasteiger partial charge in [0.1, 0.15) is 5.54 Å². The van der Waals surface area contributed by atoms with Gasteiger partial charge in [-0.2, -0.15) is 0 Å². The second kappa shape index (κ2) is 8.82. The predicted octanol–water partition coefficient (Wildman–Crippen LogP) is 2.72. The van der Waals surface area contributed by atoms with Gasteiger partial charge in [0.05, 0.1) is 41.9 Å². The van der Waals surface area contributed by atoms with Crippen molar-refractivity contribution in [1.82, 2.24) is 15.3 Å². The van der Waals surface area contributed by atoms with Crippen LogP contribution in [0.15, 0.2) is 36.7 Å². The number of aromatic nitrogens is 2. The van der Waals surface area contributed by atoms with Crippen LogP contribution < -0.4 is 21.1 Å². The van der Waals surface area contributed by atoms with Gasteiger partial charge >= 0.3 is 0 Å². The Hall–Kier alpha value is -3.87. The molecule has 1 fully saturated rings. The Kier molecular flexibility index (Phi) is 5.69. The molecule has 2 aliphatic rings. The number of halogens is 1. The number of benzene rings is 1. The predicted molar refractivity (Wildman–Crippen MR) is 126 cm³/mol. The first kappa shape index (κ1) is 21.9. The number of carbonyl (C=O) groups is 1. The van der Waals surface area contributed by atoms with E-state index in [1.807, 2.05) is 6.07 Å². The third kappa shape index (κ3) is 3.98. The quantitative estimate of drug-likeness (QED) is 0.444. The number of nitrogens with one attached hydrogen (secondary N) is 3. The highest BCUT2D eigenvalue weighted by atomic mass is 19.1. The number of methoxy groups -OCH3 is 1. The highest BCUT2D eigenvalue weighted by molar-refractivity contribution is 6.06. The van der Waals surface area contributed by atoms with Gasteiger partial charge in [-0.05, 0) is 18.2 Å². The van der Waals surface area contributed by atoms with Crippen LogP contribution in [0, 0.1) is 17.7 Å². The zero-order chi connectivity index (χ0) is 23.7. The van der Waals surface area contributed by atoms with Crippen LogP contribution in [-0.2, 0) is 11.2 Å². The highest BCUT2D eigenvalue weighted by Gasteiger charge is 2.30. The molecule has 2 aromatic heterocycles. The summed E-state index contributed by atoms with van der Waals surface area (Å²) in [6.07, 6.45) is 4.60. The van der Waals surface area contributed by atoms with Crippen LogP contribution >= 0.6 is 0 Å². The van der Waals surface area contributed by atoms with Gasteiger partial charge in [0.25, 0.3) is 5.91 Å². The second-order valence-corrected chi connectivity index (χ2v) is 8.31. The van der Waals surface area contributed by atoms with E-state index in [4.69, 9.17) is 15.2 Å². The second-order valence-electron chi connectivity index (χ2n) is 8.31. The van der Waals surface area contributed by atoms with Crippen molar-refractivity contribution in [2.24, 2.45) is 5.73 Å². The maximum Gasteiger partial charge on any atom is 0.255 e. The van der Waals surface area contributed by atoms with E-state index in [0.717, 1.165) is 11.3 Å². The fourth-order valence-corrected chi connectivity index (χ4v) is 4.24. The van der Waals surface area contributed by atoms with Gasteiger partial charge in [0.2, 0.25) is 0 Å². The van der Waals surface area contributed by atoms with E-state index in [1.165, 1.54) is 13.2 Å². The van der Waals surface area contributed by atoms with Crippen molar-refractivity contribution < 1.29 is 18.7 Å². The van der Waals surface area contributed by atoms with E-state index in [0.29, 0.717) is 60.8 Å². The number of aromatic amines is 1. The fraction of sp³-hybridized carbons (Fsp3) is 0.280. The average Bonchev–Trinajstić information content (AvgIpc) is 3.43. The molecular formula is C25H24FN5O3. The number of rotatable bonds is 4. The number of anilines is 2. The number of ether oxygens (including phenoxy) is 2. The summed E-state index contributed by atoms with van der Waals surface area (Å²) in [6.45, 7) is 1.47. The summed E-state index contributed by atoms with van der Waals surface area (Å²) in [5, 5.41) is 6.11. The van der Waals surface area contributed by atoms with Gasteiger partial charge in [0.15, 0.2) is 11.6 Å². The smallest absolute Gasteiger partial charge is 0.255 e. The number of pyridine rings is 1. The molecule has 1 atom stereocenters. The first-order valence-corrected chi connectivity index (χ1v) is 11.0. The van der Waals surface area contributed by atoms with E-state index < -0.39 is 11.4 Å². The summed E-state index contributed by atoms with van der Waals surface area (Å²) in [5.41, 5.74) is 9.82. The lowest BCUT2D eigenvalue weighted by molar-refractivity contribution is 0.0947. The Morgan fingerprint density at radius 1 is 1.35 bits per heavy atom. The maximum absolute atomic E-state index is 14.4. The fourth-order valence-electron chi connectivity index (χ4n) is 4.24. The molecule has 174 valence electrons. The van der Waals surface area contributed by atoms with Gasteiger partial charge in [-0.15, -0.1) is 0 Å². The highest BCUT2D eigenvalue weighted by Crippen LogP contribution is 2.40. The van der Waals surface area contributed by atoms with Crippen LogP contribution in [0.1, 0.15) is 28.0 Å². The Morgan fingerprint density at radius 2 is 2.24 bits per heavy atom. The molecule has 1 aromatic carbocycles. The topological polar surface area (TPSA) is 114 Å². The third-order valence-electron chi connectivity index (χ3n) is 5.98. The number of amides is 1. The van der Waals surface area contributed by atoms with Crippen molar-refractivity contribution in [3.05, 3.63) is 59.3 Å². The first-order valence-electron chi connectivity index (χ1n) is 11.0. The standard InChI is InChI=1S/C25H24FN5O3/c1-33-23-17(26)3-2-4-19(23)31-22-20-18(7-11-29-24(20)32)30-21(22)16-6-10-28-13-15(16)5-8-25(27)9-12-34-14-25/h2-4,6,10,13,30-31H,7,9,11-12,14,27H2,1H3,(H,29,32). The summed E-state index contributed by atoms with van der Waals surface area (Å²) >= 11 is 0. The van der Waals surface area contributed by atoms with Gasteiger partial charge < -0.3 is 30.8 Å². The summed E-state index contributed by atoms with van der Waals surface area (Å²) in [7, 11) is 1.40. The van der Waals surface area contributed by atoms with Crippen molar-refractivity contribution >= 4 is 17.3 Å². The molecule has 0 aliphatic carbocycles. The van der Waals surface area contributed by atoms with Gasteiger partial charge in [-0.1, -0.05) is 17.9 Å². The summed E-state index contributed by atoms with van der Waals surface area (Å²) in [5.74, 6) is 5.62. The number of fused-ring (bicyclic) bond motifs is 1. The molecule has 34 heavy (non-hydrogen) atoms. The normalized spacial score (nSPS) is 19.1. The Balaban J connectivity index is 1.65. The van der Waals surface area contributed by atoms with Crippen molar-refractivity contribution in [1.29, 1.82) is 0 Å². The van der Waals surface area contributed by atoms with Gasteiger partial charge in [-0.25, -0.2) is 4.39 Å². The minimum Gasteiger partial charge on any atom is -0.492 e. The van der Waals surface area contributed by atoms with Crippen molar-refractivity contribution in [3.8, 4) is 28.8 Å². The molecule has 0 radical (unpaired) electrons. The average molecular weight is 461 g/mol. The maximum atomic E-state index is 14.4. The summed E-state index contributed by atoms with van der Waals surface area (Å²) in [4.78, 5) is 20.5. The molecule has 0 bridgehead atoms. The largest absolute Gasteiger partial charge is 0.492 e. The van der Waals surface area contributed by atoms with Crippen LogP contribution in [0.2, 0.25) is 0 Å². The molecule has 0 saturated carbocycles. The van der Waals surface area contributed by atoms with Crippen molar-refractivity contribution in [3.63, 3.8) is 0 Å². The molecule has 5 rings (SSSR count). The number of hydrogen-bond donors (Lipinski definition) is 4. The molecule has 0 spiro atoms. The number of hydrogen-bond acceptors (Lipinski definition) is 6. The number of carbonyl (C=O) groups excluding carboxylic acids is 1. The minimum atomic E-state index is -0.710. The molecular weight excluding hydrogens is 437 g/mol. The molecule has 2 aliphatic heterocycles. The lowest BCUT2D eigenvalue weighted by Crippen LogP contribution is -2.38. The van der Waals surface area contributed by atoms with E-state index >= 15 is 0 Å². The number of para-hydroxylation sites is 1. The molecule has 4 heterocycles. The molecule has 1 saturated heterocycles. The van der Waals surface area contributed by atoms with Crippen molar-refractivity contribution in [2.45, 2.75) is 18.4 Å². The molecule has 3 aromatic rings. The number of nitrogens with two attached hydrogens (primary N) is 1. The summed E-state index contributed by atoms with van der Waals surface area (Å²) in [6, 6.07) is 6.40. The molecule has 1 unspecified atom stereocenters. The van der Waals surface area contributed by atoms with E-state index in [1.54, 1.807) is 24.5 Å². The molecule has 8 nitrogen and oxygen atoms in total. The Labute approximate surface area is 196 Å².